The number of rotatable bonds is 20. The molecule has 0 aliphatic heterocycles. The summed E-state index contributed by atoms with van der Waals surface area (Å²) in [6.07, 6.45) is 3.52. The molecule has 0 aliphatic rings. The zero-order valence-electron chi connectivity index (χ0n) is 29.0. The van der Waals surface area contributed by atoms with Crippen molar-refractivity contribution >= 4 is 29.5 Å². The van der Waals surface area contributed by atoms with E-state index in [-0.39, 0.29) is 52.6 Å². The molecule has 0 saturated heterocycles. The fraction of sp³-hybridized carbons (Fsp3) is 0.697. The van der Waals surface area contributed by atoms with Gasteiger partial charge in [0.15, 0.2) is 0 Å². The van der Waals surface area contributed by atoms with Gasteiger partial charge in [0, 0.05) is 31.4 Å². The quantitative estimate of drug-likeness (QED) is 0.112. The Balaban J connectivity index is 2.98. The minimum Gasteiger partial charge on any atom is -0.355 e. The summed E-state index contributed by atoms with van der Waals surface area (Å²) in [6.45, 7) is 17.7. The van der Waals surface area contributed by atoms with Gasteiger partial charge in [-0.05, 0) is 50.5 Å². The van der Waals surface area contributed by atoms with Crippen molar-refractivity contribution < 1.29 is 24.0 Å². The Kier molecular flexibility index (Phi) is 17.9. The fourth-order valence-corrected chi connectivity index (χ4v) is 4.87. The van der Waals surface area contributed by atoms with Crippen LogP contribution in [0.2, 0.25) is 0 Å². The van der Waals surface area contributed by atoms with Crippen molar-refractivity contribution in [2.24, 2.45) is 17.8 Å². The summed E-state index contributed by atoms with van der Waals surface area (Å²) in [6, 6.07) is -0.761. The zero-order chi connectivity index (χ0) is 35.0. The lowest BCUT2D eigenvalue weighted by Crippen LogP contribution is -2.58. The average Bonchev–Trinajstić information content (AvgIpc) is 3.00. The number of pyridine rings is 1. The maximum Gasteiger partial charge on any atom is 0.253 e. The van der Waals surface area contributed by atoms with Crippen LogP contribution in [0.5, 0.6) is 0 Å². The molecule has 0 fully saturated rings. The highest BCUT2D eigenvalue weighted by Crippen LogP contribution is 2.12. The highest BCUT2D eigenvalue weighted by molar-refractivity contribution is 5.98. The van der Waals surface area contributed by atoms with Crippen molar-refractivity contribution in [3.05, 3.63) is 34.2 Å². The molecule has 0 saturated carbocycles. The van der Waals surface area contributed by atoms with E-state index in [1.165, 1.54) is 18.3 Å². The molecular weight excluding hydrogens is 590 g/mol. The van der Waals surface area contributed by atoms with Crippen LogP contribution in [-0.4, -0.2) is 77.8 Å². The molecule has 260 valence electrons. The van der Waals surface area contributed by atoms with E-state index in [2.05, 4.69) is 36.9 Å². The van der Waals surface area contributed by atoms with Gasteiger partial charge in [0.25, 0.3) is 5.91 Å². The summed E-state index contributed by atoms with van der Waals surface area (Å²) in [7, 11) is 0. The van der Waals surface area contributed by atoms with Gasteiger partial charge in [0.1, 0.15) is 18.1 Å². The van der Waals surface area contributed by atoms with Crippen molar-refractivity contribution in [3.63, 3.8) is 0 Å². The second kappa shape index (κ2) is 20.4. The third-order valence-corrected chi connectivity index (χ3v) is 7.80. The van der Waals surface area contributed by atoms with Crippen LogP contribution in [-0.2, 0) is 19.2 Å². The normalized spacial score (nSPS) is 15.2. The highest BCUT2D eigenvalue weighted by Gasteiger charge is 2.31. The second-order valence-corrected chi connectivity index (χ2v) is 12.7. The second-order valence-electron chi connectivity index (χ2n) is 12.7. The van der Waals surface area contributed by atoms with Gasteiger partial charge in [0.05, 0.1) is 11.6 Å². The Hall–Kier alpha value is -3.74. The van der Waals surface area contributed by atoms with Gasteiger partial charge in [-0.25, -0.2) is 0 Å². The maximum atomic E-state index is 13.5. The van der Waals surface area contributed by atoms with Crippen LogP contribution in [0.15, 0.2) is 23.1 Å². The molecule has 13 nitrogen and oxygen atoms in total. The van der Waals surface area contributed by atoms with Gasteiger partial charge in [0.2, 0.25) is 29.2 Å². The first kappa shape index (κ1) is 40.3. The summed E-state index contributed by atoms with van der Waals surface area (Å²) in [5, 5.41) is 17.4. The molecule has 0 bridgehead atoms. The number of H-pyrrole nitrogens is 1. The minimum absolute atomic E-state index is 0.0986. The SMILES string of the molecule is CCC[C@H](NC(=O)[C@@H](NC(=O)c1ccc(=O)[nH]c1)[C@@H](C)CC)C(=O)N[C@H](CN[C@@H](C)C(=O)N[C@H](C(=O)NCC)C(C)C)CC(C)C. The standard InChI is InChI=1S/C33H57N7O6/c1-10-13-25(38-33(46)28(21(8)11-2)40-30(43)23-14-15-26(41)36-17-23)31(44)37-24(16-19(4)5)18-35-22(9)29(42)39-27(20(6)7)32(45)34-12-3/h14-15,17,19-22,24-25,27-28,35H,10-13,16,18H2,1-9H3,(H,34,45)(H,36,41)(H,37,44)(H,38,46)(H,39,42)(H,40,43)/t21-,22-,24-,25-,27-,28-/m0/s1. The van der Waals surface area contributed by atoms with Crippen LogP contribution in [0.25, 0.3) is 0 Å². The van der Waals surface area contributed by atoms with Gasteiger partial charge in [-0.1, -0.05) is 61.3 Å². The molecule has 0 aliphatic carbocycles. The van der Waals surface area contributed by atoms with E-state index in [1.807, 2.05) is 55.4 Å². The number of hydrogen-bond donors (Lipinski definition) is 7. The number of nitrogens with one attached hydrogen (secondary N) is 7. The summed E-state index contributed by atoms with van der Waals surface area (Å²) in [5.74, 6) is -2.00. The van der Waals surface area contributed by atoms with Gasteiger partial charge < -0.3 is 36.9 Å². The van der Waals surface area contributed by atoms with Crippen molar-refractivity contribution in [1.82, 2.24) is 36.9 Å². The molecular formula is C33H57N7O6. The predicted octanol–water partition coefficient (Wildman–Crippen LogP) is 1.59. The van der Waals surface area contributed by atoms with Crippen molar-refractivity contribution in [2.45, 2.75) is 118 Å². The number of carbonyl (C=O) groups excluding carboxylic acids is 5. The molecule has 1 aromatic rings. The number of hydrogen-bond acceptors (Lipinski definition) is 7. The Labute approximate surface area is 273 Å². The van der Waals surface area contributed by atoms with E-state index in [0.717, 1.165) is 0 Å². The van der Waals surface area contributed by atoms with E-state index in [0.29, 0.717) is 38.8 Å². The Morgan fingerprint density at radius 2 is 1.46 bits per heavy atom. The van der Waals surface area contributed by atoms with Gasteiger partial charge in [-0.2, -0.15) is 0 Å². The van der Waals surface area contributed by atoms with Crippen LogP contribution in [0.1, 0.15) is 98.4 Å². The van der Waals surface area contributed by atoms with Crippen molar-refractivity contribution in [3.8, 4) is 0 Å². The Bertz CT molecular complexity index is 1180. The molecule has 46 heavy (non-hydrogen) atoms. The van der Waals surface area contributed by atoms with Crippen LogP contribution in [0, 0.1) is 17.8 Å². The molecule has 1 aromatic heterocycles. The van der Waals surface area contributed by atoms with Crippen LogP contribution in [0.3, 0.4) is 0 Å². The van der Waals surface area contributed by atoms with Crippen LogP contribution < -0.4 is 37.5 Å². The lowest BCUT2D eigenvalue weighted by molar-refractivity contribution is -0.131. The first-order valence-corrected chi connectivity index (χ1v) is 16.6. The smallest absolute Gasteiger partial charge is 0.253 e. The minimum atomic E-state index is -0.904. The first-order valence-electron chi connectivity index (χ1n) is 16.6. The molecule has 7 N–H and O–H groups in total. The van der Waals surface area contributed by atoms with E-state index in [9.17, 15) is 28.8 Å². The molecule has 0 unspecified atom stereocenters. The molecule has 5 amide bonds. The molecule has 1 rings (SSSR count). The summed E-state index contributed by atoms with van der Waals surface area (Å²) < 4.78 is 0. The lowest BCUT2D eigenvalue weighted by atomic mass is 9.97. The van der Waals surface area contributed by atoms with Gasteiger partial charge in [-0.3, -0.25) is 28.8 Å². The molecule has 13 heteroatoms. The number of likely N-dealkylation sites (N-methyl/N-ethyl adjacent to an activating group) is 1. The fourth-order valence-electron chi connectivity index (χ4n) is 4.87. The Morgan fingerprint density at radius 3 is 1.98 bits per heavy atom. The van der Waals surface area contributed by atoms with E-state index in [1.54, 1.807) is 6.92 Å². The average molecular weight is 648 g/mol. The largest absolute Gasteiger partial charge is 0.355 e. The van der Waals surface area contributed by atoms with E-state index >= 15 is 0 Å². The molecule has 0 spiro atoms. The first-order chi connectivity index (χ1) is 21.6. The van der Waals surface area contributed by atoms with E-state index < -0.39 is 36.0 Å². The summed E-state index contributed by atoms with van der Waals surface area (Å²) in [4.78, 5) is 79.1. The van der Waals surface area contributed by atoms with Crippen LogP contribution in [0.4, 0.5) is 0 Å². The third kappa shape index (κ3) is 13.7. The molecule has 6 atom stereocenters. The van der Waals surface area contributed by atoms with Crippen LogP contribution >= 0.6 is 0 Å². The van der Waals surface area contributed by atoms with Crippen molar-refractivity contribution in [2.75, 3.05) is 13.1 Å². The number of amides is 5. The number of carbonyl (C=O) groups is 5. The third-order valence-electron chi connectivity index (χ3n) is 7.80. The molecule has 1 heterocycles. The zero-order valence-corrected chi connectivity index (χ0v) is 29.0. The maximum absolute atomic E-state index is 13.5. The van der Waals surface area contributed by atoms with Crippen molar-refractivity contribution in [1.29, 1.82) is 0 Å². The van der Waals surface area contributed by atoms with Gasteiger partial charge >= 0.3 is 0 Å². The predicted molar refractivity (Wildman–Crippen MR) is 179 cm³/mol. The topological polar surface area (TPSA) is 190 Å². The lowest BCUT2D eigenvalue weighted by Gasteiger charge is -2.29. The molecule has 0 aromatic carbocycles. The number of aromatic amines is 1. The highest BCUT2D eigenvalue weighted by atomic mass is 16.2. The summed E-state index contributed by atoms with van der Waals surface area (Å²) >= 11 is 0. The molecule has 0 radical (unpaired) electrons. The van der Waals surface area contributed by atoms with Gasteiger partial charge in [-0.15, -0.1) is 0 Å². The Morgan fingerprint density at radius 1 is 0.783 bits per heavy atom. The summed E-state index contributed by atoms with van der Waals surface area (Å²) in [5.41, 5.74) is -0.138. The monoisotopic (exact) mass is 647 g/mol. The number of aromatic nitrogens is 1. The van der Waals surface area contributed by atoms with E-state index in [4.69, 9.17) is 0 Å².